The summed E-state index contributed by atoms with van der Waals surface area (Å²) in [5, 5.41) is 18.2. The predicted molar refractivity (Wildman–Crippen MR) is 175 cm³/mol. The van der Waals surface area contributed by atoms with E-state index in [-0.39, 0.29) is 24.4 Å². The summed E-state index contributed by atoms with van der Waals surface area (Å²) in [5.41, 5.74) is 12.2. The second kappa shape index (κ2) is 15.0. The number of benzene rings is 3. The Hall–Kier alpha value is -3.50. The summed E-state index contributed by atoms with van der Waals surface area (Å²) in [6.45, 7) is 5.00. The van der Waals surface area contributed by atoms with Gasteiger partial charge in [-0.3, -0.25) is 0 Å². The van der Waals surface area contributed by atoms with E-state index in [1.807, 2.05) is 74.5 Å². The molecule has 2 heterocycles. The van der Waals surface area contributed by atoms with Crippen LogP contribution in [0.5, 0.6) is 0 Å². The number of hydrogen-bond acceptors (Lipinski definition) is 7. The Morgan fingerprint density at radius 1 is 1.00 bits per heavy atom. The topological polar surface area (TPSA) is 115 Å². The van der Waals surface area contributed by atoms with Gasteiger partial charge in [-0.05, 0) is 79.5 Å². The van der Waals surface area contributed by atoms with Gasteiger partial charge in [0.25, 0.3) is 0 Å². The Bertz CT molecular complexity index is 1380. The van der Waals surface area contributed by atoms with Gasteiger partial charge in [0.15, 0.2) is 6.29 Å². The van der Waals surface area contributed by atoms with Gasteiger partial charge in [0, 0.05) is 18.2 Å². The molecule has 5 rings (SSSR count). The summed E-state index contributed by atoms with van der Waals surface area (Å²) < 4.78 is 17.0. The second-order valence-corrected chi connectivity index (χ2v) is 12.5. The zero-order valence-electron chi connectivity index (χ0n) is 25.4. The molecule has 3 aromatic carbocycles. The molecule has 0 aliphatic carbocycles. The minimum atomic E-state index is -0.880. The van der Waals surface area contributed by atoms with Gasteiger partial charge in [-0.15, -0.1) is 0 Å². The highest BCUT2D eigenvalue weighted by atomic mass is 32.1. The number of ether oxygens (including phenoxy) is 3. The van der Waals surface area contributed by atoms with Crippen molar-refractivity contribution in [2.45, 2.75) is 76.5 Å². The third-order valence-corrected chi connectivity index (χ3v) is 8.84. The Morgan fingerprint density at radius 2 is 1.64 bits per heavy atom. The summed E-state index contributed by atoms with van der Waals surface area (Å²) in [6.07, 6.45) is 0.691. The summed E-state index contributed by atoms with van der Waals surface area (Å²) in [4.78, 5) is 13.8. The van der Waals surface area contributed by atoms with Gasteiger partial charge < -0.3 is 35.7 Å². The van der Waals surface area contributed by atoms with Crippen LogP contribution >= 0.6 is 12.2 Å². The molecule has 0 saturated carbocycles. The van der Waals surface area contributed by atoms with Gasteiger partial charge in [-0.2, -0.15) is 0 Å². The van der Waals surface area contributed by atoms with Crippen LogP contribution in [0.15, 0.2) is 72.8 Å². The van der Waals surface area contributed by atoms with Gasteiger partial charge in [-0.25, -0.2) is 4.79 Å². The van der Waals surface area contributed by atoms with E-state index in [4.69, 9.17) is 32.2 Å². The molecule has 8 nitrogen and oxygen atoms in total. The lowest BCUT2D eigenvalue weighted by molar-refractivity contribution is -0.0907. The molecule has 0 radical (unpaired) electrons. The molecule has 9 heteroatoms. The molecular formula is C35H43N3O5S. The lowest BCUT2D eigenvalue weighted by Gasteiger charge is -2.29. The molecule has 3 aromatic rings. The molecule has 234 valence electrons. The maximum Gasteiger partial charge on any atom is 0.407 e. The quantitative estimate of drug-likeness (QED) is 0.169. The third kappa shape index (κ3) is 8.57. The van der Waals surface area contributed by atoms with Crippen LogP contribution in [0.2, 0.25) is 0 Å². The number of aryl methyl sites for hydroxylation is 2. The molecule has 0 unspecified atom stereocenters. The highest BCUT2D eigenvalue weighted by Gasteiger charge is 2.44. The molecule has 5 N–H and O–H groups in total. The number of nitrogens with two attached hydrogens (primary N) is 1. The number of alkyl carbamates (subject to hydrolysis) is 1. The maximum atomic E-state index is 13.2. The van der Waals surface area contributed by atoms with Crippen LogP contribution in [0.4, 0.5) is 10.5 Å². The van der Waals surface area contributed by atoms with Crippen molar-refractivity contribution in [2.24, 2.45) is 5.92 Å². The van der Waals surface area contributed by atoms with Gasteiger partial charge in [0.1, 0.15) is 6.10 Å². The minimum Gasteiger partial charge on any atom is -0.443 e. The monoisotopic (exact) mass is 617 g/mol. The Balaban J connectivity index is 1.29. The largest absolute Gasteiger partial charge is 0.443 e. The van der Waals surface area contributed by atoms with Crippen LogP contribution in [0, 0.1) is 19.8 Å². The van der Waals surface area contributed by atoms with Crippen molar-refractivity contribution in [1.29, 1.82) is 0 Å². The number of amides is 1. The van der Waals surface area contributed by atoms with Crippen LogP contribution in [-0.2, 0) is 33.5 Å². The molecular weight excluding hydrogens is 574 g/mol. The number of thiocarbonyl (C=S) groups is 1. The van der Waals surface area contributed by atoms with Crippen molar-refractivity contribution in [3.63, 3.8) is 0 Å². The number of nitrogens with one attached hydrogen (secondary N) is 2. The average molecular weight is 618 g/mol. The molecule has 44 heavy (non-hydrogen) atoms. The number of nitrogen functional groups attached to an aromatic ring is 1. The standard InChI is InChI=1S/C35H43N3O5S/c1-22-15-26(36)16-23(2)29(22)20-33(44)37-27(17-24-9-5-3-6-10-24)19-31(39)30(18-25-11-7-4-8-12-25)38-35(40)43-32-21-42-34-28(32)13-14-41-34/h3-12,15-16,27-28,30-32,34,39H,13-14,17-21,36H2,1-2H3,(H,37,44)(H,38,40)/t27-,28-,30-,31-,32-,34+/m0/s1. The molecule has 6 atom stereocenters. The van der Waals surface area contributed by atoms with E-state index in [0.717, 1.165) is 39.9 Å². The van der Waals surface area contributed by atoms with Gasteiger partial charge in [0.05, 0.1) is 36.3 Å². The van der Waals surface area contributed by atoms with Crippen LogP contribution < -0.4 is 16.4 Å². The number of anilines is 1. The highest BCUT2D eigenvalue weighted by molar-refractivity contribution is 7.80. The Kier molecular flexibility index (Phi) is 10.9. The third-order valence-electron chi connectivity index (χ3n) is 8.58. The highest BCUT2D eigenvalue weighted by Crippen LogP contribution is 2.33. The molecule has 0 spiro atoms. The van der Waals surface area contributed by atoms with Crippen molar-refractivity contribution in [3.05, 3.63) is 101 Å². The number of carbonyl (C=O) groups is 1. The van der Waals surface area contributed by atoms with Gasteiger partial charge >= 0.3 is 6.09 Å². The van der Waals surface area contributed by atoms with E-state index in [1.165, 1.54) is 0 Å². The summed E-state index contributed by atoms with van der Waals surface area (Å²) in [7, 11) is 0. The molecule has 0 aromatic heterocycles. The lowest BCUT2D eigenvalue weighted by Crippen LogP contribution is -2.49. The van der Waals surface area contributed by atoms with E-state index in [1.54, 1.807) is 0 Å². The number of carbonyl (C=O) groups excluding carboxylic acids is 1. The summed E-state index contributed by atoms with van der Waals surface area (Å²) in [6, 6.07) is 23.1. The van der Waals surface area contributed by atoms with E-state index in [9.17, 15) is 9.90 Å². The average Bonchev–Trinajstić information content (AvgIpc) is 3.61. The van der Waals surface area contributed by atoms with E-state index in [0.29, 0.717) is 43.9 Å². The minimum absolute atomic E-state index is 0.0343. The van der Waals surface area contributed by atoms with Crippen molar-refractivity contribution in [2.75, 3.05) is 18.9 Å². The number of rotatable bonds is 12. The van der Waals surface area contributed by atoms with E-state index in [2.05, 4.69) is 22.8 Å². The maximum absolute atomic E-state index is 13.2. The summed E-state index contributed by atoms with van der Waals surface area (Å²) >= 11 is 5.86. The number of fused-ring (bicyclic) bond motifs is 1. The first-order chi connectivity index (χ1) is 21.2. The van der Waals surface area contributed by atoms with Crippen LogP contribution in [0.3, 0.4) is 0 Å². The molecule has 0 bridgehead atoms. The normalized spacial score (nSPS) is 21.2. The number of aliphatic hydroxyl groups excluding tert-OH is 1. The van der Waals surface area contributed by atoms with Crippen LogP contribution in [-0.4, -0.2) is 60.0 Å². The zero-order chi connectivity index (χ0) is 31.1. The SMILES string of the molecule is Cc1cc(N)cc(C)c1CC(=S)N[C@@H](Cc1ccccc1)C[C@H](O)[C@H](Cc1ccccc1)NC(=O)O[C@H]1CO[C@H]2OCC[C@H]21. The predicted octanol–water partition coefficient (Wildman–Crippen LogP) is 4.81. The molecule has 1 amide bonds. The molecule has 2 fully saturated rings. The van der Waals surface area contributed by atoms with Gasteiger partial charge in [-0.1, -0.05) is 72.9 Å². The fourth-order valence-electron chi connectivity index (χ4n) is 6.31. The number of hydrogen-bond donors (Lipinski definition) is 4. The molecule has 2 aliphatic rings. The fraction of sp³-hybridized carbons (Fsp3) is 0.429. The fourth-order valence-corrected chi connectivity index (χ4v) is 6.63. The smallest absolute Gasteiger partial charge is 0.407 e. The van der Waals surface area contributed by atoms with Crippen molar-refractivity contribution >= 4 is 29.0 Å². The van der Waals surface area contributed by atoms with Crippen LogP contribution in [0.25, 0.3) is 0 Å². The second-order valence-electron chi connectivity index (χ2n) is 12.0. The Labute approximate surface area is 265 Å². The first kappa shape index (κ1) is 31.9. The lowest BCUT2D eigenvalue weighted by atomic mass is 9.93. The molecule has 2 saturated heterocycles. The van der Waals surface area contributed by atoms with Crippen LogP contribution in [0.1, 0.15) is 40.7 Å². The zero-order valence-corrected chi connectivity index (χ0v) is 26.2. The van der Waals surface area contributed by atoms with E-state index >= 15 is 0 Å². The van der Waals surface area contributed by atoms with Crippen molar-refractivity contribution in [1.82, 2.24) is 10.6 Å². The number of aliphatic hydroxyl groups is 1. The van der Waals surface area contributed by atoms with E-state index < -0.39 is 18.2 Å². The van der Waals surface area contributed by atoms with Crippen molar-refractivity contribution in [3.8, 4) is 0 Å². The first-order valence-electron chi connectivity index (χ1n) is 15.4. The first-order valence-corrected chi connectivity index (χ1v) is 15.8. The molecule has 2 aliphatic heterocycles. The van der Waals surface area contributed by atoms with Crippen molar-refractivity contribution < 1.29 is 24.1 Å². The Morgan fingerprint density at radius 3 is 2.30 bits per heavy atom. The summed E-state index contributed by atoms with van der Waals surface area (Å²) in [5.74, 6) is 0.0343. The van der Waals surface area contributed by atoms with Gasteiger partial charge in [0.2, 0.25) is 0 Å².